The molecule has 0 saturated heterocycles. The van der Waals surface area contributed by atoms with Gasteiger partial charge < -0.3 is 10.5 Å². The van der Waals surface area contributed by atoms with Crippen molar-refractivity contribution < 1.29 is 4.74 Å². The minimum Gasteiger partial charge on any atom is -0.497 e. The number of rotatable bonds is 5. The molecule has 0 bridgehead atoms. The maximum atomic E-state index is 5.58. The molecule has 4 nitrogen and oxygen atoms in total. The molecule has 1 aromatic heterocycles. The van der Waals surface area contributed by atoms with Gasteiger partial charge in [-0.1, -0.05) is 12.1 Å². The van der Waals surface area contributed by atoms with E-state index < -0.39 is 0 Å². The van der Waals surface area contributed by atoms with Gasteiger partial charge in [-0.3, -0.25) is 4.68 Å². The summed E-state index contributed by atoms with van der Waals surface area (Å²) in [5.41, 5.74) is 8.84. The zero-order valence-electron chi connectivity index (χ0n) is 10.9. The molecule has 96 valence electrons. The molecule has 0 unspecified atom stereocenters. The second kappa shape index (κ2) is 5.69. The first-order chi connectivity index (χ1) is 8.78. The standard InChI is InChI=1S/C14H19N3O/c1-3-17-14(10-12(16-17)7-8-15)11-5-4-6-13(9-11)18-2/h4-6,9-10H,3,7-8,15H2,1-2H3. The molecule has 0 aliphatic carbocycles. The second-order valence-corrected chi connectivity index (χ2v) is 4.11. The molecule has 0 spiro atoms. The molecule has 0 aliphatic heterocycles. The summed E-state index contributed by atoms with van der Waals surface area (Å²) in [5, 5.41) is 4.55. The van der Waals surface area contributed by atoms with Crippen molar-refractivity contribution in [3.05, 3.63) is 36.0 Å². The predicted octanol–water partition coefficient (Wildman–Crippen LogP) is 2.08. The quantitative estimate of drug-likeness (QED) is 0.877. The lowest BCUT2D eigenvalue weighted by atomic mass is 10.1. The van der Waals surface area contributed by atoms with Gasteiger partial charge in [0.1, 0.15) is 5.75 Å². The maximum absolute atomic E-state index is 5.58. The van der Waals surface area contributed by atoms with E-state index in [1.165, 1.54) is 0 Å². The van der Waals surface area contributed by atoms with Crippen LogP contribution in [0.1, 0.15) is 12.6 Å². The number of nitrogens with zero attached hydrogens (tertiary/aromatic N) is 2. The highest BCUT2D eigenvalue weighted by Crippen LogP contribution is 2.24. The maximum Gasteiger partial charge on any atom is 0.119 e. The molecule has 0 radical (unpaired) electrons. The minimum absolute atomic E-state index is 0.623. The summed E-state index contributed by atoms with van der Waals surface area (Å²) in [7, 11) is 1.68. The summed E-state index contributed by atoms with van der Waals surface area (Å²) in [4.78, 5) is 0. The minimum atomic E-state index is 0.623. The Hall–Kier alpha value is -1.81. The highest BCUT2D eigenvalue weighted by Gasteiger charge is 2.09. The van der Waals surface area contributed by atoms with Crippen LogP contribution in [0.15, 0.2) is 30.3 Å². The van der Waals surface area contributed by atoms with E-state index in [1.54, 1.807) is 7.11 Å². The summed E-state index contributed by atoms with van der Waals surface area (Å²) in [6, 6.07) is 10.1. The van der Waals surface area contributed by atoms with E-state index in [0.717, 1.165) is 35.7 Å². The zero-order valence-corrected chi connectivity index (χ0v) is 10.9. The van der Waals surface area contributed by atoms with Crippen molar-refractivity contribution in [1.29, 1.82) is 0 Å². The molecular formula is C14H19N3O. The summed E-state index contributed by atoms with van der Waals surface area (Å²) >= 11 is 0. The Morgan fingerprint density at radius 1 is 1.33 bits per heavy atom. The first kappa shape index (κ1) is 12.6. The zero-order chi connectivity index (χ0) is 13.0. The van der Waals surface area contributed by atoms with E-state index in [4.69, 9.17) is 10.5 Å². The fourth-order valence-electron chi connectivity index (χ4n) is 2.00. The van der Waals surface area contributed by atoms with Crippen LogP contribution < -0.4 is 10.5 Å². The molecule has 2 aromatic rings. The Morgan fingerprint density at radius 3 is 2.83 bits per heavy atom. The van der Waals surface area contributed by atoms with Gasteiger partial charge in [0.15, 0.2) is 0 Å². The third-order valence-electron chi connectivity index (χ3n) is 2.90. The largest absolute Gasteiger partial charge is 0.497 e. The topological polar surface area (TPSA) is 53.1 Å². The summed E-state index contributed by atoms with van der Waals surface area (Å²) < 4.78 is 7.25. The molecule has 2 rings (SSSR count). The highest BCUT2D eigenvalue weighted by atomic mass is 16.5. The summed E-state index contributed by atoms with van der Waals surface area (Å²) in [6.07, 6.45) is 0.809. The number of ether oxygens (including phenoxy) is 1. The SMILES string of the molecule is CCn1nc(CCN)cc1-c1cccc(OC)c1. The van der Waals surface area contributed by atoms with Crippen molar-refractivity contribution >= 4 is 0 Å². The molecule has 0 aliphatic rings. The molecule has 0 amide bonds. The smallest absolute Gasteiger partial charge is 0.119 e. The van der Waals surface area contributed by atoms with E-state index >= 15 is 0 Å². The van der Waals surface area contributed by atoms with Gasteiger partial charge in [0, 0.05) is 18.5 Å². The van der Waals surface area contributed by atoms with Gasteiger partial charge in [0.2, 0.25) is 0 Å². The molecular weight excluding hydrogens is 226 g/mol. The monoisotopic (exact) mass is 245 g/mol. The number of hydrogen-bond acceptors (Lipinski definition) is 3. The van der Waals surface area contributed by atoms with E-state index in [2.05, 4.69) is 24.2 Å². The molecule has 2 N–H and O–H groups in total. The molecule has 4 heteroatoms. The van der Waals surface area contributed by atoms with E-state index in [9.17, 15) is 0 Å². The average molecular weight is 245 g/mol. The van der Waals surface area contributed by atoms with Crippen molar-refractivity contribution in [2.45, 2.75) is 19.9 Å². The average Bonchev–Trinajstić information content (AvgIpc) is 2.82. The first-order valence-electron chi connectivity index (χ1n) is 6.19. The van der Waals surface area contributed by atoms with E-state index in [-0.39, 0.29) is 0 Å². The van der Waals surface area contributed by atoms with Gasteiger partial charge >= 0.3 is 0 Å². The summed E-state index contributed by atoms with van der Waals surface area (Å²) in [5.74, 6) is 0.858. The highest BCUT2D eigenvalue weighted by molar-refractivity contribution is 5.62. The fourth-order valence-corrected chi connectivity index (χ4v) is 2.00. The van der Waals surface area contributed by atoms with Gasteiger partial charge in [0.25, 0.3) is 0 Å². The molecule has 1 heterocycles. The van der Waals surface area contributed by atoms with Gasteiger partial charge in [-0.15, -0.1) is 0 Å². The molecule has 0 fully saturated rings. The van der Waals surface area contributed by atoms with Crippen LogP contribution in [0.4, 0.5) is 0 Å². The molecule has 1 aromatic carbocycles. The van der Waals surface area contributed by atoms with Crippen LogP contribution in [0.3, 0.4) is 0 Å². The van der Waals surface area contributed by atoms with Crippen molar-refractivity contribution in [3.8, 4) is 17.0 Å². The van der Waals surface area contributed by atoms with E-state index in [1.807, 2.05) is 22.9 Å². The Labute approximate surface area is 107 Å². The number of benzene rings is 1. The van der Waals surface area contributed by atoms with Crippen LogP contribution in [-0.4, -0.2) is 23.4 Å². The molecule has 18 heavy (non-hydrogen) atoms. The van der Waals surface area contributed by atoms with Crippen molar-refractivity contribution in [3.63, 3.8) is 0 Å². The van der Waals surface area contributed by atoms with Gasteiger partial charge in [0.05, 0.1) is 18.5 Å². The van der Waals surface area contributed by atoms with Crippen LogP contribution >= 0.6 is 0 Å². The van der Waals surface area contributed by atoms with Crippen LogP contribution in [-0.2, 0) is 13.0 Å². The molecule has 0 saturated carbocycles. The second-order valence-electron chi connectivity index (χ2n) is 4.11. The lowest BCUT2D eigenvalue weighted by Crippen LogP contribution is -2.04. The van der Waals surface area contributed by atoms with Crippen molar-refractivity contribution in [2.75, 3.05) is 13.7 Å². The number of aryl methyl sites for hydroxylation is 1. The lowest BCUT2D eigenvalue weighted by molar-refractivity contribution is 0.415. The Balaban J connectivity index is 2.41. The lowest BCUT2D eigenvalue weighted by Gasteiger charge is -2.06. The number of aromatic nitrogens is 2. The van der Waals surface area contributed by atoms with Crippen LogP contribution in [0, 0.1) is 0 Å². The van der Waals surface area contributed by atoms with Crippen molar-refractivity contribution in [2.24, 2.45) is 5.73 Å². The predicted molar refractivity (Wildman–Crippen MR) is 72.6 cm³/mol. The van der Waals surface area contributed by atoms with Gasteiger partial charge in [-0.05, 0) is 31.7 Å². The summed E-state index contributed by atoms with van der Waals surface area (Å²) in [6.45, 7) is 3.55. The first-order valence-corrected chi connectivity index (χ1v) is 6.19. The van der Waals surface area contributed by atoms with Gasteiger partial charge in [-0.25, -0.2) is 0 Å². The third-order valence-corrected chi connectivity index (χ3v) is 2.90. The van der Waals surface area contributed by atoms with Crippen molar-refractivity contribution in [1.82, 2.24) is 9.78 Å². The van der Waals surface area contributed by atoms with Crippen LogP contribution in [0.25, 0.3) is 11.3 Å². The normalized spacial score (nSPS) is 10.6. The Morgan fingerprint density at radius 2 is 2.17 bits per heavy atom. The van der Waals surface area contributed by atoms with Crippen LogP contribution in [0.2, 0.25) is 0 Å². The Bertz CT molecular complexity index is 520. The number of nitrogens with two attached hydrogens (primary N) is 1. The Kier molecular flexibility index (Phi) is 3.99. The van der Waals surface area contributed by atoms with Crippen LogP contribution in [0.5, 0.6) is 5.75 Å². The number of methoxy groups -OCH3 is 1. The third kappa shape index (κ3) is 2.54. The van der Waals surface area contributed by atoms with Gasteiger partial charge in [-0.2, -0.15) is 5.10 Å². The fraction of sp³-hybridized carbons (Fsp3) is 0.357. The number of hydrogen-bond donors (Lipinski definition) is 1. The molecule has 0 atom stereocenters. The van der Waals surface area contributed by atoms with E-state index in [0.29, 0.717) is 6.54 Å².